The highest BCUT2D eigenvalue weighted by Crippen LogP contribution is 2.32. The van der Waals surface area contributed by atoms with Gasteiger partial charge in [-0.1, -0.05) is 33.6 Å². The fourth-order valence-electron chi connectivity index (χ4n) is 2.13. The van der Waals surface area contributed by atoms with Crippen molar-refractivity contribution >= 4 is 44.9 Å². The Morgan fingerprint density at radius 3 is 2.75 bits per heavy atom. The predicted octanol–water partition coefficient (Wildman–Crippen LogP) is 3.23. The first-order chi connectivity index (χ1) is 9.56. The Morgan fingerprint density at radius 1 is 1.20 bits per heavy atom. The van der Waals surface area contributed by atoms with Crippen LogP contribution < -0.4 is 4.90 Å². The number of aromatic nitrogens is 1. The number of halogens is 2. The summed E-state index contributed by atoms with van der Waals surface area (Å²) >= 11 is 9.13. The first-order valence-electron chi connectivity index (χ1n) is 5.83. The molecule has 0 saturated heterocycles. The van der Waals surface area contributed by atoms with E-state index in [1.807, 2.05) is 0 Å². The fourth-order valence-corrected chi connectivity index (χ4v) is 2.67. The number of anilines is 1. The van der Waals surface area contributed by atoms with Crippen LogP contribution in [0.3, 0.4) is 0 Å². The quantitative estimate of drug-likeness (QED) is 0.616. The minimum Gasteiger partial charge on any atom is -0.299 e. The summed E-state index contributed by atoms with van der Waals surface area (Å²) in [5.41, 5.74) is 1.64. The number of hydrogen-bond acceptors (Lipinski definition) is 3. The topological polar surface area (TPSA) is 50.3 Å². The summed E-state index contributed by atoms with van der Waals surface area (Å²) in [6.07, 6.45) is 0. The van der Waals surface area contributed by atoms with Crippen molar-refractivity contribution in [3.8, 4) is 0 Å². The van der Waals surface area contributed by atoms with E-state index in [9.17, 15) is 9.59 Å². The maximum atomic E-state index is 12.1. The SMILES string of the molecule is O=C1C(=O)N(Cc2cccc(Cl)n2)c2ccc(Br)cc21. The van der Waals surface area contributed by atoms with Crippen LogP contribution in [0.15, 0.2) is 40.9 Å². The fraction of sp³-hybridized carbons (Fsp3) is 0.0714. The molecule has 0 unspecified atom stereocenters. The van der Waals surface area contributed by atoms with Gasteiger partial charge in [-0.05, 0) is 30.3 Å². The van der Waals surface area contributed by atoms with Crippen LogP contribution in [-0.2, 0) is 11.3 Å². The number of ketones is 1. The van der Waals surface area contributed by atoms with Crippen molar-refractivity contribution < 1.29 is 9.59 Å². The van der Waals surface area contributed by atoms with Crippen molar-refractivity contribution in [1.82, 2.24) is 4.98 Å². The molecule has 1 aromatic heterocycles. The van der Waals surface area contributed by atoms with Crippen LogP contribution in [0.5, 0.6) is 0 Å². The number of pyridine rings is 1. The van der Waals surface area contributed by atoms with Gasteiger partial charge < -0.3 is 0 Å². The summed E-state index contributed by atoms with van der Waals surface area (Å²) in [5, 5.41) is 0.358. The van der Waals surface area contributed by atoms with Crippen molar-refractivity contribution in [3.63, 3.8) is 0 Å². The van der Waals surface area contributed by atoms with E-state index in [0.717, 1.165) is 4.47 Å². The number of benzene rings is 1. The molecule has 3 rings (SSSR count). The number of nitrogens with zero attached hydrogens (tertiary/aromatic N) is 2. The molecule has 4 nitrogen and oxygen atoms in total. The zero-order chi connectivity index (χ0) is 14.3. The third-order valence-electron chi connectivity index (χ3n) is 3.03. The van der Waals surface area contributed by atoms with Gasteiger partial charge in [0.05, 0.1) is 23.5 Å². The van der Waals surface area contributed by atoms with Crippen LogP contribution in [0.25, 0.3) is 0 Å². The summed E-state index contributed by atoms with van der Waals surface area (Å²) in [7, 11) is 0. The van der Waals surface area contributed by atoms with Crippen LogP contribution in [0.4, 0.5) is 5.69 Å². The van der Waals surface area contributed by atoms with E-state index < -0.39 is 11.7 Å². The van der Waals surface area contributed by atoms with E-state index in [2.05, 4.69) is 20.9 Å². The van der Waals surface area contributed by atoms with Gasteiger partial charge in [-0.25, -0.2) is 4.98 Å². The molecule has 0 saturated carbocycles. The van der Waals surface area contributed by atoms with Crippen molar-refractivity contribution in [3.05, 3.63) is 57.3 Å². The Morgan fingerprint density at radius 2 is 2.00 bits per heavy atom. The van der Waals surface area contributed by atoms with Crippen molar-refractivity contribution in [1.29, 1.82) is 0 Å². The Balaban J connectivity index is 1.99. The van der Waals surface area contributed by atoms with E-state index >= 15 is 0 Å². The lowest BCUT2D eigenvalue weighted by atomic mass is 10.1. The number of amides is 1. The van der Waals surface area contributed by atoms with Crippen molar-refractivity contribution in [2.45, 2.75) is 6.54 Å². The zero-order valence-corrected chi connectivity index (χ0v) is 12.5. The van der Waals surface area contributed by atoms with E-state index in [0.29, 0.717) is 22.1 Å². The molecule has 0 atom stereocenters. The normalized spacial score (nSPS) is 13.8. The van der Waals surface area contributed by atoms with Crippen molar-refractivity contribution in [2.75, 3.05) is 4.90 Å². The molecule has 100 valence electrons. The third kappa shape index (κ3) is 2.23. The van der Waals surface area contributed by atoms with Gasteiger partial charge in [0.15, 0.2) is 0 Å². The molecular weight excluding hydrogens is 344 g/mol. The molecule has 0 radical (unpaired) electrons. The van der Waals surface area contributed by atoms with Gasteiger partial charge in [-0.3, -0.25) is 14.5 Å². The Labute approximate surface area is 128 Å². The van der Waals surface area contributed by atoms with Crippen molar-refractivity contribution in [2.24, 2.45) is 0 Å². The standard InChI is InChI=1S/C14H8BrClN2O2/c15-8-4-5-11-10(6-8)13(19)14(20)18(11)7-9-2-1-3-12(16)17-9/h1-6H,7H2. The number of rotatable bonds is 2. The number of Topliss-reactive ketones (excluding diaryl/α,β-unsaturated/α-hetero) is 1. The minimum absolute atomic E-state index is 0.222. The predicted molar refractivity (Wildman–Crippen MR) is 78.9 cm³/mol. The number of carbonyl (C=O) groups is 2. The molecular formula is C14H8BrClN2O2. The monoisotopic (exact) mass is 350 g/mol. The second-order valence-corrected chi connectivity index (χ2v) is 5.64. The molecule has 0 spiro atoms. The van der Waals surface area contributed by atoms with E-state index in [1.165, 1.54) is 4.90 Å². The molecule has 6 heteroatoms. The Kier molecular flexibility index (Phi) is 3.31. The molecule has 1 aromatic carbocycles. The molecule has 1 aliphatic rings. The second-order valence-electron chi connectivity index (χ2n) is 4.33. The number of fused-ring (bicyclic) bond motifs is 1. The molecule has 0 aliphatic carbocycles. The smallest absolute Gasteiger partial charge is 0.299 e. The van der Waals surface area contributed by atoms with E-state index in [4.69, 9.17) is 11.6 Å². The average Bonchev–Trinajstić information content (AvgIpc) is 2.64. The lowest BCUT2D eigenvalue weighted by Crippen LogP contribution is -2.29. The van der Waals surface area contributed by atoms with Gasteiger partial charge in [0.25, 0.3) is 11.7 Å². The highest BCUT2D eigenvalue weighted by Gasteiger charge is 2.35. The van der Waals surface area contributed by atoms with Gasteiger partial charge >= 0.3 is 0 Å². The molecule has 1 aliphatic heterocycles. The molecule has 2 aromatic rings. The van der Waals surface area contributed by atoms with Crippen LogP contribution >= 0.6 is 27.5 Å². The van der Waals surface area contributed by atoms with Gasteiger partial charge in [0.2, 0.25) is 0 Å². The molecule has 2 heterocycles. The summed E-state index contributed by atoms with van der Waals surface area (Å²) in [4.78, 5) is 29.6. The molecule has 0 fully saturated rings. The molecule has 1 amide bonds. The summed E-state index contributed by atoms with van der Waals surface area (Å²) in [6.45, 7) is 0.222. The lowest BCUT2D eigenvalue weighted by molar-refractivity contribution is -0.114. The molecule has 20 heavy (non-hydrogen) atoms. The highest BCUT2D eigenvalue weighted by molar-refractivity contribution is 9.10. The largest absolute Gasteiger partial charge is 0.299 e. The molecule has 0 bridgehead atoms. The van der Waals surface area contributed by atoms with Crippen LogP contribution in [0.2, 0.25) is 5.15 Å². The summed E-state index contributed by atoms with van der Waals surface area (Å²) < 4.78 is 0.764. The number of hydrogen-bond donors (Lipinski definition) is 0. The Hall–Kier alpha value is -1.72. The first kappa shape index (κ1) is 13.3. The minimum atomic E-state index is -0.542. The zero-order valence-electron chi connectivity index (χ0n) is 10.1. The second kappa shape index (κ2) is 5.00. The van der Waals surface area contributed by atoms with Crippen LogP contribution in [-0.4, -0.2) is 16.7 Å². The lowest BCUT2D eigenvalue weighted by Gasteiger charge is -2.16. The maximum absolute atomic E-state index is 12.1. The van der Waals surface area contributed by atoms with Crippen LogP contribution in [0, 0.1) is 0 Å². The number of carbonyl (C=O) groups excluding carboxylic acids is 2. The van der Waals surface area contributed by atoms with Gasteiger partial charge in [-0.15, -0.1) is 0 Å². The first-order valence-corrected chi connectivity index (χ1v) is 7.00. The Bertz CT molecular complexity index is 733. The highest BCUT2D eigenvalue weighted by atomic mass is 79.9. The van der Waals surface area contributed by atoms with E-state index in [1.54, 1.807) is 36.4 Å². The summed E-state index contributed by atoms with van der Waals surface area (Å²) in [5.74, 6) is -1.04. The maximum Gasteiger partial charge on any atom is 0.299 e. The van der Waals surface area contributed by atoms with E-state index in [-0.39, 0.29) is 6.54 Å². The summed E-state index contributed by atoms with van der Waals surface area (Å²) in [6, 6.07) is 10.4. The van der Waals surface area contributed by atoms with Gasteiger partial charge in [-0.2, -0.15) is 0 Å². The van der Waals surface area contributed by atoms with Crippen LogP contribution in [0.1, 0.15) is 16.1 Å². The van der Waals surface area contributed by atoms with Gasteiger partial charge in [0, 0.05) is 4.47 Å². The third-order valence-corrected chi connectivity index (χ3v) is 3.73. The average molecular weight is 352 g/mol. The van der Waals surface area contributed by atoms with Gasteiger partial charge in [0.1, 0.15) is 5.15 Å². The molecule has 0 N–H and O–H groups in total.